The Morgan fingerprint density at radius 3 is 0.983 bits per heavy atom. The van der Waals surface area contributed by atoms with E-state index in [-0.39, 0.29) is 52.7 Å². The molecule has 4 atom stereocenters. The second kappa shape index (κ2) is 16.7. The lowest BCUT2D eigenvalue weighted by Crippen LogP contribution is -2.26. The minimum atomic E-state index is -0.531. The normalized spacial score (nSPS) is 18.5. The summed E-state index contributed by atoms with van der Waals surface area (Å²) >= 11 is 0. The van der Waals surface area contributed by atoms with Crippen LogP contribution >= 0.6 is 0 Å². The van der Waals surface area contributed by atoms with Crippen LogP contribution in [0.1, 0.15) is 72.1 Å². The molecule has 6 aromatic rings. The maximum absolute atomic E-state index is 13.6. The van der Waals surface area contributed by atoms with Crippen LogP contribution in [0.2, 0.25) is 0 Å². The van der Waals surface area contributed by atoms with E-state index in [1.807, 2.05) is 53.4 Å². The third kappa shape index (κ3) is 8.20. The SMILES string of the molecule is Nc1ccc(C2CCC(c3ccc(N)c(N)c3)N2c2ccc(F)cc2)cc1N.Nc1ccc(C2CCC(c3ccc(N)c([N+](=O)[O-])c3)N2c2ccc(F)cc2)cc1[N+](=O)[O-]. The molecule has 0 radical (unpaired) electrons. The maximum Gasteiger partial charge on any atom is 0.292 e. The van der Waals surface area contributed by atoms with E-state index in [1.165, 1.54) is 48.5 Å². The van der Waals surface area contributed by atoms with Gasteiger partial charge in [-0.2, -0.15) is 0 Å². The summed E-state index contributed by atoms with van der Waals surface area (Å²) in [6, 6.07) is 33.0. The topological polar surface area (TPSA) is 249 Å². The lowest BCUT2D eigenvalue weighted by Gasteiger charge is -2.33. The fourth-order valence-electron chi connectivity index (χ4n) is 8.33. The van der Waals surface area contributed by atoms with Crippen LogP contribution in [0.5, 0.6) is 0 Å². The molecule has 2 aliphatic rings. The third-order valence-corrected chi connectivity index (χ3v) is 11.3. The molecule has 0 aliphatic carbocycles. The molecule has 60 heavy (non-hydrogen) atoms. The van der Waals surface area contributed by atoms with Gasteiger partial charge in [-0.25, -0.2) is 8.78 Å². The van der Waals surface area contributed by atoms with E-state index in [0.717, 1.165) is 29.7 Å². The van der Waals surface area contributed by atoms with E-state index >= 15 is 0 Å². The zero-order chi connectivity index (χ0) is 42.8. The lowest BCUT2D eigenvalue weighted by atomic mass is 10.0. The Balaban J connectivity index is 0.000000183. The molecule has 12 N–H and O–H groups in total. The van der Waals surface area contributed by atoms with Gasteiger partial charge in [0.05, 0.1) is 56.8 Å². The molecular weight excluding hydrogens is 771 g/mol. The van der Waals surface area contributed by atoms with Crippen LogP contribution in [0.3, 0.4) is 0 Å². The molecule has 8 rings (SSSR count). The summed E-state index contributed by atoms with van der Waals surface area (Å²) in [6.45, 7) is 0. The van der Waals surface area contributed by atoms with E-state index in [1.54, 1.807) is 24.3 Å². The summed E-state index contributed by atoms with van der Waals surface area (Å²) in [6.07, 6.45) is 3.11. The number of nitro benzene ring substituents is 2. The molecule has 16 heteroatoms. The second-order valence-corrected chi connectivity index (χ2v) is 14.9. The first-order valence-electron chi connectivity index (χ1n) is 19.2. The molecule has 2 fully saturated rings. The van der Waals surface area contributed by atoms with Crippen molar-refractivity contribution in [2.45, 2.75) is 49.9 Å². The lowest BCUT2D eigenvalue weighted by molar-refractivity contribution is -0.384. The van der Waals surface area contributed by atoms with Crippen LogP contribution in [0, 0.1) is 31.9 Å². The summed E-state index contributed by atoms with van der Waals surface area (Å²) in [5, 5.41) is 22.8. The number of nitro groups is 2. The van der Waals surface area contributed by atoms with Crippen LogP contribution in [0.15, 0.2) is 121 Å². The monoisotopic (exact) mass is 814 g/mol. The van der Waals surface area contributed by atoms with Gasteiger partial charge in [0, 0.05) is 23.5 Å². The smallest absolute Gasteiger partial charge is 0.292 e. The van der Waals surface area contributed by atoms with Crippen molar-refractivity contribution in [1.82, 2.24) is 0 Å². The molecule has 0 bridgehead atoms. The average Bonchev–Trinajstić information content (AvgIpc) is 3.87. The first-order valence-corrected chi connectivity index (χ1v) is 19.2. The number of hydrogen-bond donors (Lipinski definition) is 6. The van der Waals surface area contributed by atoms with Crippen molar-refractivity contribution in [3.63, 3.8) is 0 Å². The van der Waals surface area contributed by atoms with Crippen LogP contribution in [0.25, 0.3) is 0 Å². The molecular formula is C44H44F2N10O4. The van der Waals surface area contributed by atoms with Crippen molar-refractivity contribution in [3.05, 3.63) is 175 Å². The van der Waals surface area contributed by atoms with Crippen LogP contribution in [-0.2, 0) is 0 Å². The highest BCUT2D eigenvalue weighted by Crippen LogP contribution is 2.50. The number of nitrogen functional groups attached to an aromatic ring is 6. The van der Waals surface area contributed by atoms with Crippen molar-refractivity contribution in [3.8, 4) is 0 Å². The summed E-state index contributed by atoms with van der Waals surface area (Å²) in [5.41, 5.74) is 42.6. The van der Waals surface area contributed by atoms with Crippen molar-refractivity contribution in [1.29, 1.82) is 0 Å². The van der Waals surface area contributed by atoms with E-state index in [2.05, 4.69) is 4.90 Å². The number of anilines is 8. The average molecular weight is 815 g/mol. The highest BCUT2D eigenvalue weighted by atomic mass is 19.1. The quantitative estimate of drug-likeness (QED) is 0.0478. The van der Waals surface area contributed by atoms with Gasteiger partial charge in [0.1, 0.15) is 23.0 Å². The summed E-state index contributed by atoms with van der Waals surface area (Å²) in [7, 11) is 0. The molecule has 2 aliphatic heterocycles. The van der Waals surface area contributed by atoms with E-state index in [4.69, 9.17) is 34.4 Å². The van der Waals surface area contributed by atoms with Gasteiger partial charge in [0.2, 0.25) is 0 Å². The Morgan fingerprint density at radius 1 is 0.417 bits per heavy atom. The number of hydrogen-bond acceptors (Lipinski definition) is 12. The third-order valence-electron chi connectivity index (χ3n) is 11.3. The molecule has 14 nitrogen and oxygen atoms in total. The Morgan fingerprint density at radius 2 is 0.700 bits per heavy atom. The largest absolute Gasteiger partial charge is 0.397 e. The Bertz CT molecular complexity index is 2430. The minimum absolute atomic E-state index is 0.0655. The maximum atomic E-state index is 13.6. The highest BCUT2D eigenvalue weighted by Gasteiger charge is 2.38. The fraction of sp³-hybridized carbons (Fsp3) is 0.182. The van der Waals surface area contributed by atoms with Crippen molar-refractivity contribution in [2.75, 3.05) is 44.2 Å². The Hall–Kier alpha value is -7.62. The number of nitrogens with zero attached hydrogens (tertiary/aromatic N) is 4. The standard InChI is InChI=1S/C22H20FN5O4.C22H24FN5/c23-15-3-5-16(6-4-15)26-19(13-1-7-17(24)21(11-13)27(29)30)9-10-20(26)14-2-8-18(25)22(12-14)28(31)32;23-15-3-5-16(6-4-15)28-21(13-1-7-17(24)19(26)11-13)9-10-22(28)14-2-8-18(25)20(27)12-14/h1-8,11-12,19-20H,9-10,24-25H2;1-8,11-12,21-22H,9-10,24-27H2. The van der Waals surface area contributed by atoms with Gasteiger partial charge in [-0.3, -0.25) is 20.2 Å². The molecule has 2 saturated heterocycles. The molecule has 0 amide bonds. The van der Waals surface area contributed by atoms with Gasteiger partial charge < -0.3 is 44.2 Å². The second-order valence-electron chi connectivity index (χ2n) is 14.9. The van der Waals surface area contributed by atoms with Crippen molar-refractivity contribution in [2.24, 2.45) is 0 Å². The number of benzene rings is 6. The van der Waals surface area contributed by atoms with Crippen LogP contribution < -0.4 is 44.2 Å². The van der Waals surface area contributed by atoms with Gasteiger partial charge in [-0.05, 0) is 133 Å². The van der Waals surface area contributed by atoms with E-state index in [0.29, 0.717) is 52.4 Å². The number of nitrogens with two attached hydrogens (primary N) is 6. The van der Waals surface area contributed by atoms with Gasteiger partial charge in [-0.1, -0.05) is 24.3 Å². The molecule has 0 aromatic heterocycles. The summed E-state index contributed by atoms with van der Waals surface area (Å²) < 4.78 is 27.1. The van der Waals surface area contributed by atoms with Gasteiger partial charge >= 0.3 is 0 Å². The van der Waals surface area contributed by atoms with Crippen LogP contribution in [-0.4, -0.2) is 9.85 Å². The van der Waals surface area contributed by atoms with Crippen LogP contribution in [0.4, 0.5) is 65.7 Å². The van der Waals surface area contributed by atoms with Gasteiger partial charge in [0.15, 0.2) is 0 Å². The highest BCUT2D eigenvalue weighted by molar-refractivity contribution is 5.68. The molecule has 6 aromatic carbocycles. The molecule has 308 valence electrons. The first-order chi connectivity index (χ1) is 28.7. The molecule has 0 saturated carbocycles. The van der Waals surface area contributed by atoms with Crippen molar-refractivity contribution >= 4 is 56.9 Å². The molecule has 2 heterocycles. The van der Waals surface area contributed by atoms with E-state index in [9.17, 15) is 29.0 Å². The van der Waals surface area contributed by atoms with Crippen molar-refractivity contribution < 1.29 is 18.6 Å². The van der Waals surface area contributed by atoms with E-state index < -0.39 is 15.7 Å². The molecule has 4 unspecified atom stereocenters. The fourth-order valence-corrected chi connectivity index (χ4v) is 8.33. The predicted octanol–water partition coefficient (Wildman–Crippen LogP) is 9.13. The Labute approximate surface area is 344 Å². The van der Waals surface area contributed by atoms with Gasteiger partial charge in [-0.15, -0.1) is 0 Å². The number of halogens is 2. The number of rotatable bonds is 8. The summed E-state index contributed by atoms with van der Waals surface area (Å²) in [4.78, 5) is 26.0. The Kier molecular flexibility index (Phi) is 11.3. The zero-order valence-electron chi connectivity index (χ0n) is 32.3. The first kappa shape index (κ1) is 40.6. The zero-order valence-corrected chi connectivity index (χ0v) is 32.3. The molecule has 0 spiro atoms. The predicted molar refractivity (Wildman–Crippen MR) is 233 cm³/mol. The summed E-state index contributed by atoms with van der Waals surface area (Å²) in [5.74, 6) is -0.656. The van der Waals surface area contributed by atoms with Gasteiger partial charge in [0.25, 0.3) is 11.4 Å². The minimum Gasteiger partial charge on any atom is -0.397 e.